The monoisotopic (exact) mass is 360 g/mol. The minimum Gasteiger partial charge on any atom is -0.312 e. The number of halogens is 2. The molecule has 23 heavy (non-hydrogen) atoms. The second-order valence-corrected chi connectivity index (χ2v) is 8.68. The van der Waals surface area contributed by atoms with Gasteiger partial charge in [-0.3, -0.25) is 9.79 Å². The van der Waals surface area contributed by atoms with Crippen LogP contribution >= 0.6 is 11.8 Å². The number of hydrogen-bond acceptors (Lipinski definition) is 6. The fourth-order valence-corrected chi connectivity index (χ4v) is 5.52. The second-order valence-electron chi connectivity index (χ2n) is 5.58. The third kappa shape index (κ3) is 3.25. The molecule has 1 saturated heterocycles. The van der Waals surface area contributed by atoms with E-state index in [4.69, 9.17) is 0 Å². The molecule has 9 heteroatoms. The van der Waals surface area contributed by atoms with Gasteiger partial charge in [0, 0.05) is 6.07 Å². The topological polar surface area (TPSA) is 66.8 Å². The number of aliphatic imine (C=N–C) groups is 1. The number of carbonyl (C=O) groups is 1. The van der Waals surface area contributed by atoms with E-state index in [2.05, 4.69) is 4.99 Å². The van der Waals surface area contributed by atoms with Crippen LogP contribution in [0.5, 0.6) is 0 Å². The number of ketones is 1. The quantitative estimate of drug-likeness (QED) is 0.820. The van der Waals surface area contributed by atoms with E-state index in [1.807, 2.05) is 0 Å². The summed E-state index contributed by atoms with van der Waals surface area (Å²) in [7, 11) is -3.24. The summed E-state index contributed by atoms with van der Waals surface area (Å²) < 4.78 is 50.9. The highest BCUT2D eigenvalue weighted by molar-refractivity contribution is 8.14. The Kier molecular flexibility index (Phi) is 4.18. The summed E-state index contributed by atoms with van der Waals surface area (Å²) in [6.07, 6.45) is 0. The van der Waals surface area contributed by atoms with Gasteiger partial charge in [0.1, 0.15) is 17.4 Å². The van der Waals surface area contributed by atoms with Gasteiger partial charge in [0.25, 0.3) is 0 Å². The van der Waals surface area contributed by atoms with Crippen LogP contribution in [0.1, 0.15) is 6.92 Å². The van der Waals surface area contributed by atoms with E-state index in [9.17, 15) is 22.0 Å². The fraction of sp³-hybridized carbons (Fsp3) is 0.429. The van der Waals surface area contributed by atoms with Gasteiger partial charge < -0.3 is 4.90 Å². The molecule has 0 spiro atoms. The van der Waals surface area contributed by atoms with Crippen molar-refractivity contribution in [2.24, 2.45) is 4.99 Å². The molecular weight excluding hydrogens is 346 g/mol. The molecule has 0 aromatic heterocycles. The van der Waals surface area contributed by atoms with Gasteiger partial charge in [-0.15, -0.1) is 0 Å². The first-order chi connectivity index (χ1) is 10.8. The first kappa shape index (κ1) is 16.4. The largest absolute Gasteiger partial charge is 0.312 e. The zero-order chi connectivity index (χ0) is 16.8. The molecule has 0 amide bonds. The minimum atomic E-state index is -3.24. The molecule has 2 aliphatic heterocycles. The van der Waals surface area contributed by atoms with E-state index in [-0.39, 0.29) is 28.7 Å². The number of fused-ring (bicyclic) bond motifs is 1. The molecule has 0 N–H and O–H groups in total. The number of Topliss-reactive ketones (excluding diaryl/α,β-unsaturated/α-hetero) is 1. The zero-order valence-corrected chi connectivity index (χ0v) is 13.8. The average molecular weight is 360 g/mol. The maximum Gasteiger partial charge on any atom is 0.164 e. The van der Waals surface area contributed by atoms with Gasteiger partial charge in [-0.05, 0) is 19.1 Å². The lowest BCUT2D eigenvalue weighted by atomic mass is 10.1. The predicted octanol–water partition coefficient (Wildman–Crippen LogP) is 1.63. The van der Waals surface area contributed by atoms with Gasteiger partial charge in [0.2, 0.25) is 0 Å². The number of rotatable bonds is 3. The Morgan fingerprint density at radius 2 is 2.13 bits per heavy atom. The van der Waals surface area contributed by atoms with Crippen molar-refractivity contribution in [2.75, 3.05) is 22.2 Å². The number of thioether (sulfide) groups is 1. The van der Waals surface area contributed by atoms with Crippen molar-refractivity contribution in [2.45, 2.75) is 19.0 Å². The van der Waals surface area contributed by atoms with Gasteiger partial charge in [0.05, 0.1) is 35.0 Å². The van der Waals surface area contributed by atoms with E-state index in [1.165, 1.54) is 17.9 Å². The zero-order valence-electron chi connectivity index (χ0n) is 12.2. The van der Waals surface area contributed by atoms with Crippen LogP contribution < -0.4 is 4.90 Å². The molecule has 0 unspecified atom stereocenters. The Morgan fingerprint density at radius 3 is 2.78 bits per heavy atom. The summed E-state index contributed by atoms with van der Waals surface area (Å²) in [6.45, 7) is 1.43. The second kappa shape index (κ2) is 5.86. The average Bonchev–Trinajstić information content (AvgIpc) is 2.88. The van der Waals surface area contributed by atoms with Gasteiger partial charge in [-0.1, -0.05) is 11.8 Å². The Bertz CT molecular complexity index is 795. The minimum absolute atomic E-state index is 0.0677. The number of anilines is 1. The fourth-order valence-electron chi connectivity index (χ4n) is 2.76. The number of amidine groups is 1. The standard InChI is InChI=1S/C14H14F2N2O3S2/c1-8(19)5-22-14-17-11-6-23(20,21)7-13(11)18(14)12-3-2-9(15)4-10(12)16/h2-4,11,13H,5-7H2,1H3/t11-,13-/m0/s1. The molecule has 2 atom stereocenters. The van der Waals surface area contributed by atoms with E-state index in [1.54, 1.807) is 0 Å². The van der Waals surface area contributed by atoms with Crippen molar-refractivity contribution in [3.8, 4) is 0 Å². The lowest BCUT2D eigenvalue weighted by Crippen LogP contribution is -2.39. The number of carbonyl (C=O) groups excluding carboxylic acids is 1. The molecule has 3 rings (SSSR count). The summed E-state index contributed by atoms with van der Waals surface area (Å²) in [5.74, 6) is -1.64. The van der Waals surface area contributed by atoms with Crippen molar-refractivity contribution in [3.63, 3.8) is 0 Å². The van der Waals surface area contributed by atoms with Crippen molar-refractivity contribution < 1.29 is 22.0 Å². The number of sulfone groups is 1. The normalized spacial score (nSPS) is 25.3. The SMILES string of the molecule is CC(=O)CSC1=N[C@H]2CS(=O)(=O)C[C@@H]2N1c1ccc(F)cc1F. The summed E-state index contributed by atoms with van der Waals surface area (Å²) in [6, 6.07) is 2.12. The summed E-state index contributed by atoms with van der Waals surface area (Å²) in [5, 5.41) is 0.399. The third-order valence-electron chi connectivity index (χ3n) is 3.68. The number of hydrogen-bond donors (Lipinski definition) is 0. The van der Waals surface area contributed by atoms with Crippen LogP contribution in [0.25, 0.3) is 0 Å². The molecule has 1 aromatic carbocycles. The predicted molar refractivity (Wildman–Crippen MR) is 85.6 cm³/mol. The number of benzene rings is 1. The molecule has 2 aliphatic rings. The molecule has 5 nitrogen and oxygen atoms in total. The van der Waals surface area contributed by atoms with E-state index in [0.29, 0.717) is 5.17 Å². The molecular formula is C14H14F2N2O3S2. The van der Waals surface area contributed by atoms with Crippen molar-refractivity contribution in [1.82, 2.24) is 0 Å². The molecule has 2 heterocycles. The molecule has 1 fully saturated rings. The summed E-state index contributed by atoms with van der Waals surface area (Å²) in [5.41, 5.74) is 0.0748. The smallest absolute Gasteiger partial charge is 0.164 e. The number of nitrogens with zero attached hydrogens (tertiary/aromatic N) is 2. The first-order valence-corrected chi connectivity index (χ1v) is 9.72. The Morgan fingerprint density at radius 1 is 1.39 bits per heavy atom. The van der Waals surface area contributed by atoms with Crippen molar-refractivity contribution in [3.05, 3.63) is 29.8 Å². The highest BCUT2D eigenvalue weighted by Gasteiger charge is 2.47. The van der Waals surface area contributed by atoms with Gasteiger partial charge >= 0.3 is 0 Å². The molecule has 0 saturated carbocycles. The highest BCUT2D eigenvalue weighted by atomic mass is 32.2. The third-order valence-corrected chi connectivity index (χ3v) is 6.49. The van der Waals surface area contributed by atoms with Crippen LogP contribution in [0.15, 0.2) is 23.2 Å². The molecule has 0 radical (unpaired) electrons. The molecule has 0 aliphatic carbocycles. The molecule has 124 valence electrons. The van der Waals surface area contributed by atoms with Crippen LogP contribution in [0, 0.1) is 11.6 Å². The van der Waals surface area contributed by atoms with Gasteiger partial charge in [0.15, 0.2) is 15.0 Å². The lowest BCUT2D eigenvalue weighted by Gasteiger charge is -2.26. The molecule has 1 aromatic rings. The Balaban J connectivity index is 1.98. The molecule has 0 bridgehead atoms. The summed E-state index contributed by atoms with van der Waals surface area (Å²) >= 11 is 1.14. The van der Waals surface area contributed by atoms with Crippen molar-refractivity contribution in [1.29, 1.82) is 0 Å². The summed E-state index contributed by atoms with van der Waals surface area (Å²) in [4.78, 5) is 17.0. The van der Waals surface area contributed by atoms with E-state index < -0.39 is 33.6 Å². The van der Waals surface area contributed by atoms with E-state index in [0.717, 1.165) is 23.9 Å². The van der Waals surface area contributed by atoms with Crippen LogP contribution in [-0.4, -0.2) is 48.7 Å². The van der Waals surface area contributed by atoms with Gasteiger partial charge in [-0.25, -0.2) is 17.2 Å². The van der Waals surface area contributed by atoms with Gasteiger partial charge in [-0.2, -0.15) is 0 Å². The van der Waals surface area contributed by atoms with Crippen LogP contribution in [0.2, 0.25) is 0 Å². The Labute approximate surface area is 136 Å². The van der Waals surface area contributed by atoms with E-state index >= 15 is 0 Å². The van der Waals surface area contributed by atoms with Crippen LogP contribution in [0.3, 0.4) is 0 Å². The van der Waals surface area contributed by atoms with Crippen LogP contribution in [-0.2, 0) is 14.6 Å². The lowest BCUT2D eigenvalue weighted by molar-refractivity contribution is -0.114. The maximum absolute atomic E-state index is 14.2. The van der Waals surface area contributed by atoms with Crippen LogP contribution in [0.4, 0.5) is 14.5 Å². The van der Waals surface area contributed by atoms with Crippen molar-refractivity contribution >= 4 is 38.2 Å². The highest BCUT2D eigenvalue weighted by Crippen LogP contribution is 2.36. The Hall–Kier alpha value is -1.48. The maximum atomic E-state index is 14.2. The first-order valence-electron chi connectivity index (χ1n) is 6.91.